The fourth-order valence-corrected chi connectivity index (χ4v) is 2.83. The van der Waals surface area contributed by atoms with Gasteiger partial charge in [-0.25, -0.2) is 4.79 Å². The average Bonchev–Trinajstić information content (AvgIpc) is 2.77. The van der Waals surface area contributed by atoms with Crippen LogP contribution in [-0.2, 0) is 16.2 Å². The summed E-state index contributed by atoms with van der Waals surface area (Å²) in [5.41, 5.74) is 0.170. The van der Waals surface area contributed by atoms with E-state index in [1.165, 1.54) is 0 Å². The lowest BCUT2D eigenvalue weighted by atomic mass is 10.2. The maximum Gasteiger partial charge on any atom is 0.414 e. The number of anilines is 1. The van der Waals surface area contributed by atoms with Gasteiger partial charge in [-0.1, -0.05) is 20.8 Å². The molecule has 7 heteroatoms. The molecular formula is C17H33N3O3Si. The van der Waals surface area contributed by atoms with Gasteiger partial charge < -0.3 is 9.16 Å². The third-order valence-corrected chi connectivity index (χ3v) is 8.74. The minimum atomic E-state index is -1.85. The van der Waals surface area contributed by atoms with E-state index in [9.17, 15) is 4.79 Å². The Morgan fingerprint density at radius 2 is 1.83 bits per heavy atom. The highest BCUT2D eigenvalue weighted by molar-refractivity contribution is 6.74. The van der Waals surface area contributed by atoms with Crippen LogP contribution < -0.4 is 4.90 Å². The Morgan fingerprint density at radius 3 is 2.25 bits per heavy atom. The standard InChI is InChI=1S/C17H33N3O3Si/c1-16(2,3)23-15(21)20(14-12-18-19(7)13-14)10-11-22-24(8,9)17(4,5)6/h12-13H,10-11H2,1-9H3. The lowest BCUT2D eigenvalue weighted by Gasteiger charge is -2.36. The number of amides is 1. The van der Waals surface area contributed by atoms with Crippen molar-refractivity contribution in [3.63, 3.8) is 0 Å². The van der Waals surface area contributed by atoms with Crippen LogP contribution in [0.25, 0.3) is 0 Å². The number of carbonyl (C=O) groups is 1. The highest BCUT2D eigenvalue weighted by Gasteiger charge is 2.37. The van der Waals surface area contributed by atoms with Crippen molar-refractivity contribution in [3.8, 4) is 0 Å². The molecule has 24 heavy (non-hydrogen) atoms. The molecule has 6 nitrogen and oxygen atoms in total. The first kappa shape index (κ1) is 20.7. The average molecular weight is 356 g/mol. The second kappa shape index (κ2) is 7.27. The predicted octanol–water partition coefficient (Wildman–Crippen LogP) is 4.18. The summed E-state index contributed by atoms with van der Waals surface area (Å²) >= 11 is 0. The van der Waals surface area contributed by atoms with Crippen molar-refractivity contribution in [1.29, 1.82) is 0 Å². The third kappa shape index (κ3) is 5.94. The maximum absolute atomic E-state index is 12.5. The SMILES string of the molecule is Cn1cc(N(CCO[Si](C)(C)C(C)(C)C)C(=O)OC(C)(C)C)cn1. The second-order valence-electron chi connectivity index (χ2n) is 8.61. The summed E-state index contributed by atoms with van der Waals surface area (Å²) in [6, 6.07) is 0. The molecule has 1 rings (SSSR count). The Labute approximate surface area is 147 Å². The van der Waals surface area contributed by atoms with Gasteiger partial charge in [-0.2, -0.15) is 5.10 Å². The van der Waals surface area contributed by atoms with Crippen LogP contribution in [0.1, 0.15) is 41.5 Å². The van der Waals surface area contributed by atoms with Crippen molar-refractivity contribution in [2.45, 2.75) is 65.3 Å². The van der Waals surface area contributed by atoms with E-state index in [-0.39, 0.29) is 11.1 Å². The topological polar surface area (TPSA) is 56.6 Å². The molecule has 1 heterocycles. The van der Waals surface area contributed by atoms with Crippen molar-refractivity contribution in [2.24, 2.45) is 7.05 Å². The molecule has 0 aliphatic rings. The van der Waals surface area contributed by atoms with Gasteiger partial charge in [0.2, 0.25) is 0 Å². The molecule has 1 aromatic rings. The number of aromatic nitrogens is 2. The van der Waals surface area contributed by atoms with E-state index in [2.05, 4.69) is 39.0 Å². The number of rotatable bonds is 5. The van der Waals surface area contributed by atoms with E-state index in [4.69, 9.17) is 9.16 Å². The molecule has 0 saturated carbocycles. The maximum atomic E-state index is 12.5. The van der Waals surface area contributed by atoms with Gasteiger partial charge in [-0.15, -0.1) is 0 Å². The molecule has 0 atom stereocenters. The molecule has 0 N–H and O–H groups in total. The Kier molecular flexibility index (Phi) is 6.27. The van der Waals surface area contributed by atoms with E-state index in [1.807, 2.05) is 27.8 Å². The number of ether oxygens (including phenoxy) is 1. The van der Waals surface area contributed by atoms with E-state index in [1.54, 1.807) is 22.0 Å². The van der Waals surface area contributed by atoms with E-state index >= 15 is 0 Å². The zero-order valence-electron chi connectivity index (χ0n) is 16.6. The summed E-state index contributed by atoms with van der Waals surface area (Å²) in [5.74, 6) is 0. The Balaban J connectivity index is 2.82. The predicted molar refractivity (Wildman–Crippen MR) is 99.9 cm³/mol. The fourth-order valence-electron chi connectivity index (χ4n) is 1.80. The monoisotopic (exact) mass is 355 g/mol. The van der Waals surface area contributed by atoms with Gasteiger partial charge in [0, 0.05) is 13.2 Å². The zero-order valence-corrected chi connectivity index (χ0v) is 17.6. The Morgan fingerprint density at radius 1 is 1.25 bits per heavy atom. The van der Waals surface area contributed by atoms with E-state index in [0.29, 0.717) is 18.8 Å². The van der Waals surface area contributed by atoms with Crippen LogP contribution in [0.3, 0.4) is 0 Å². The summed E-state index contributed by atoms with van der Waals surface area (Å²) in [4.78, 5) is 14.1. The van der Waals surface area contributed by atoms with Crippen molar-refractivity contribution in [1.82, 2.24) is 9.78 Å². The lowest BCUT2D eigenvalue weighted by Crippen LogP contribution is -2.44. The minimum absolute atomic E-state index is 0.137. The van der Waals surface area contributed by atoms with Gasteiger partial charge in [-0.3, -0.25) is 9.58 Å². The van der Waals surface area contributed by atoms with Gasteiger partial charge >= 0.3 is 6.09 Å². The van der Waals surface area contributed by atoms with Crippen LogP contribution in [-0.4, -0.2) is 42.9 Å². The van der Waals surface area contributed by atoms with Crippen molar-refractivity contribution >= 4 is 20.1 Å². The zero-order chi connectivity index (χ0) is 18.8. The molecule has 0 bridgehead atoms. The molecule has 0 radical (unpaired) electrons. The quantitative estimate of drug-likeness (QED) is 0.743. The molecule has 0 fully saturated rings. The summed E-state index contributed by atoms with van der Waals surface area (Å²) in [5, 5.41) is 4.28. The lowest BCUT2D eigenvalue weighted by molar-refractivity contribution is 0.0574. The van der Waals surface area contributed by atoms with E-state index < -0.39 is 13.9 Å². The normalized spacial score (nSPS) is 13.0. The molecular weight excluding hydrogens is 322 g/mol. The van der Waals surface area contributed by atoms with Crippen LogP contribution in [0.2, 0.25) is 18.1 Å². The smallest absolute Gasteiger partial charge is 0.414 e. The molecule has 0 saturated heterocycles. The summed E-state index contributed by atoms with van der Waals surface area (Å²) in [6.45, 7) is 17.5. The van der Waals surface area contributed by atoms with Crippen LogP contribution in [0, 0.1) is 0 Å². The number of hydrogen-bond acceptors (Lipinski definition) is 4. The molecule has 0 aromatic carbocycles. The molecule has 1 amide bonds. The Bertz CT molecular complexity index is 556. The van der Waals surface area contributed by atoms with Gasteiger partial charge in [0.1, 0.15) is 5.60 Å². The van der Waals surface area contributed by atoms with Gasteiger partial charge in [0.15, 0.2) is 8.32 Å². The first-order chi connectivity index (χ1) is 10.7. The van der Waals surface area contributed by atoms with Crippen LogP contribution in [0.15, 0.2) is 12.4 Å². The summed E-state index contributed by atoms with van der Waals surface area (Å²) in [7, 11) is -0.0264. The molecule has 1 aromatic heterocycles. The summed E-state index contributed by atoms with van der Waals surface area (Å²) in [6.07, 6.45) is 3.08. The van der Waals surface area contributed by atoms with Crippen LogP contribution >= 0.6 is 0 Å². The third-order valence-electron chi connectivity index (χ3n) is 4.20. The number of hydrogen-bond donors (Lipinski definition) is 0. The molecule has 0 spiro atoms. The number of aryl methyl sites for hydroxylation is 1. The van der Waals surface area contributed by atoms with Gasteiger partial charge in [0.25, 0.3) is 0 Å². The first-order valence-electron chi connectivity index (χ1n) is 8.36. The summed E-state index contributed by atoms with van der Waals surface area (Å²) < 4.78 is 13.4. The first-order valence-corrected chi connectivity index (χ1v) is 11.3. The van der Waals surface area contributed by atoms with Crippen molar-refractivity contribution in [2.75, 3.05) is 18.1 Å². The minimum Gasteiger partial charge on any atom is -0.443 e. The number of carbonyl (C=O) groups excluding carboxylic acids is 1. The van der Waals surface area contributed by atoms with Gasteiger partial charge in [0.05, 0.1) is 25.0 Å². The van der Waals surface area contributed by atoms with Crippen LogP contribution in [0.5, 0.6) is 0 Å². The Hall–Kier alpha value is -1.34. The van der Waals surface area contributed by atoms with Crippen molar-refractivity contribution < 1.29 is 14.0 Å². The van der Waals surface area contributed by atoms with E-state index in [0.717, 1.165) is 0 Å². The fraction of sp³-hybridized carbons (Fsp3) is 0.765. The highest BCUT2D eigenvalue weighted by atomic mass is 28.4. The molecule has 0 unspecified atom stereocenters. The highest BCUT2D eigenvalue weighted by Crippen LogP contribution is 2.36. The van der Waals surface area contributed by atoms with Crippen molar-refractivity contribution in [3.05, 3.63) is 12.4 Å². The van der Waals surface area contributed by atoms with Gasteiger partial charge in [-0.05, 0) is 38.9 Å². The van der Waals surface area contributed by atoms with Crippen LogP contribution in [0.4, 0.5) is 10.5 Å². The second-order valence-corrected chi connectivity index (χ2v) is 13.4. The largest absolute Gasteiger partial charge is 0.443 e. The number of nitrogens with zero attached hydrogens (tertiary/aromatic N) is 3. The molecule has 138 valence electrons. The molecule has 0 aliphatic carbocycles. The molecule has 0 aliphatic heterocycles.